The molecule has 0 aromatic carbocycles. The van der Waals surface area contributed by atoms with Crippen LogP contribution in [0.15, 0.2) is 10.5 Å². The van der Waals surface area contributed by atoms with Gasteiger partial charge >= 0.3 is 0 Å². The Morgan fingerprint density at radius 1 is 1.44 bits per heavy atom. The summed E-state index contributed by atoms with van der Waals surface area (Å²) in [6.07, 6.45) is 1.24. The number of hydrogen-bond acceptors (Lipinski definition) is 4. The monoisotopic (exact) mass is 251 g/mol. The van der Waals surface area contributed by atoms with Crippen molar-refractivity contribution in [1.29, 1.82) is 0 Å². The Morgan fingerprint density at radius 2 is 2.22 bits per heavy atom. The third-order valence-corrected chi connectivity index (χ3v) is 3.83. The molecular weight excluding hydrogens is 226 g/mol. The van der Waals surface area contributed by atoms with Crippen LogP contribution in [0.1, 0.15) is 30.4 Å². The summed E-state index contributed by atoms with van der Waals surface area (Å²) in [6, 6.07) is 2.70. The van der Waals surface area contributed by atoms with Crippen molar-refractivity contribution in [2.24, 2.45) is 5.73 Å². The van der Waals surface area contributed by atoms with E-state index >= 15 is 0 Å². The molecule has 1 aromatic rings. The highest BCUT2D eigenvalue weighted by Gasteiger charge is 2.21. The fourth-order valence-corrected chi connectivity index (χ4v) is 2.72. The molecule has 0 saturated carbocycles. The van der Waals surface area contributed by atoms with Crippen LogP contribution in [0, 0.1) is 6.92 Å². The summed E-state index contributed by atoms with van der Waals surface area (Å²) in [7, 11) is 2.20. The minimum atomic E-state index is 0.485. The second-order valence-corrected chi connectivity index (χ2v) is 5.43. The van der Waals surface area contributed by atoms with Gasteiger partial charge in [0.15, 0.2) is 0 Å². The van der Waals surface area contributed by atoms with Crippen molar-refractivity contribution in [3.63, 3.8) is 0 Å². The molecule has 0 spiro atoms. The Morgan fingerprint density at radius 3 is 2.89 bits per heavy atom. The van der Waals surface area contributed by atoms with Gasteiger partial charge < -0.3 is 15.1 Å². The number of nitrogens with zero attached hydrogens (tertiary/aromatic N) is 2. The minimum absolute atomic E-state index is 0.485. The van der Waals surface area contributed by atoms with Crippen molar-refractivity contribution in [3.8, 4) is 0 Å². The zero-order chi connectivity index (χ0) is 13.1. The fourth-order valence-electron chi connectivity index (χ4n) is 2.72. The van der Waals surface area contributed by atoms with Crippen molar-refractivity contribution >= 4 is 0 Å². The van der Waals surface area contributed by atoms with E-state index in [1.54, 1.807) is 0 Å². The molecule has 2 heterocycles. The van der Waals surface area contributed by atoms with Crippen LogP contribution in [0.3, 0.4) is 0 Å². The lowest BCUT2D eigenvalue weighted by Gasteiger charge is -2.27. The Balaban J connectivity index is 2.05. The zero-order valence-corrected chi connectivity index (χ0v) is 11.8. The van der Waals surface area contributed by atoms with E-state index in [1.807, 2.05) is 6.92 Å². The first kappa shape index (κ1) is 13.6. The molecule has 2 N–H and O–H groups in total. The van der Waals surface area contributed by atoms with Gasteiger partial charge in [-0.3, -0.25) is 4.90 Å². The Bertz CT molecular complexity index is 388. The van der Waals surface area contributed by atoms with Crippen LogP contribution in [-0.4, -0.2) is 42.5 Å². The fraction of sp³-hybridized carbons (Fsp3) is 0.714. The van der Waals surface area contributed by atoms with E-state index in [0.29, 0.717) is 12.6 Å². The minimum Gasteiger partial charge on any atom is -0.465 e. The largest absolute Gasteiger partial charge is 0.465 e. The predicted octanol–water partition coefficient (Wildman–Crippen LogP) is 1.57. The lowest BCUT2D eigenvalue weighted by molar-refractivity contribution is 0.193. The van der Waals surface area contributed by atoms with Crippen molar-refractivity contribution < 1.29 is 4.42 Å². The first-order valence-electron chi connectivity index (χ1n) is 6.81. The summed E-state index contributed by atoms with van der Waals surface area (Å²) >= 11 is 0. The van der Waals surface area contributed by atoms with Crippen LogP contribution in [0.4, 0.5) is 0 Å². The molecule has 1 atom stereocenters. The Hall–Kier alpha value is -0.840. The van der Waals surface area contributed by atoms with E-state index in [0.717, 1.165) is 31.2 Å². The molecule has 0 amide bonds. The molecule has 1 saturated heterocycles. The predicted molar refractivity (Wildman–Crippen MR) is 73.3 cm³/mol. The van der Waals surface area contributed by atoms with Crippen LogP contribution in [0.5, 0.6) is 0 Å². The van der Waals surface area contributed by atoms with Crippen molar-refractivity contribution in [2.75, 3.05) is 26.7 Å². The number of hydrogen-bond donors (Lipinski definition) is 1. The maximum atomic E-state index is 5.63. The third kappa shape index (κ3) is 3.13. The summed E-state index contributed by atoms with van der Waals surface area (Å²) in [5.74, 6) is 1.90. The molecule has 4 nitrogen and oxygen atoms in total. The molecule has 1 aliphatic heterocycles. The van der Waals surface area contributed by atoms with Gasteiger partial charge in [-0.2, -0.15) is 0 Å². The number of nitrogens with two attached hydrogens (primary N) is 1. The molecule has 1 unspecified atom stereocenters. The van der Waals surface area contributed by atoms with Gasteiger partial charge in [0.25, 0.3) is 0 Å². The molecular formula is C14H25N3O. The second-order valence-electron chi connectivity index (χ2n) is 5.43. The van der Waals surface area contributed by atoms with Crippen LogP contribution in [0.2, 0.25) is 0 Å². The molecule has 0 aliphatic carbocycles. The number of likely N-dealkylation sites (N-methyl/N-ethyl adjacent to an activating group) is 1. The van der Waals surface area contributed by atoms with E-state index in [-0.39, 0.29) is 0 Å². The van der Waals surface area contributed by atoms with Gasteiger partial charge in [0.1, 0.15) is 11.5 Å². The van der Waals surface area contributed by atoms with Gasteiger partial charge in [-0.25, -0.2) is 0 Å². The van der Waals surface area contributed by atoms with Gasteiger partial charge in [0.2, 0.25) is 0 Å². The molecule has 1 aliphatic rings. The van der Waals surface area contributed by atoms with Gasteiger partial charge in [0, 0.05) is 31.2 Å². The highest BCUT2D eigenvalue weighted by molar-refractivity contribution is 5.20. The summed E-state index contributed by atoms with van der Waals surface area (Å²) < 4.78 is 5.63. The molecule has 102 valence electrons. The van der Waals surface area contributed by atoms with Gasteiger partial charge in [0.05, 0.1) is 6.54 Å². The summed E-state index contributed by atoms with van der Waals surface area (Å²) in [5.41, 5.74) is 6.91. The molecule has 4 heteroatoms. The van der Waals surface area contributed by atoms with E-state index in [9.17, 15) is 0 Å². The number of rotatable bonds is 3. The Kier molecular flexibility index (Phi) is 4.43. The van der Waals surface area contributed by atoms with Crippen molar-refractivity contribution in [2.45, 2.75) is 39.4 Å². The topological polar surface area (TPSA) is 45.6 Å². The third-order valence-electron chi connectivity index (χ3n) is 3.83. The van der Waals surface area contributed by atoms with Crippen LogP contribution in [-0.2, 0) is 13.1 Å². The van der Waals surface area contributed by atoms with Crippen LogP contribution >= 0.6 is 0 Å². The molecule has 0 bridgehead atoms. The second kappa shape index (κ2) is 5.87. The van der Waals surface area contributed by atoms with Crippen LogP contribution < -0.4 is 5.73 Å². The quantitative estimate of drug-likeness (QED) is 0.886. The first-order chi connectivity index (χ1) is 8.60. The maximum absolute atomic E-state index is 5.63. The summed E-state index contributed by atoms with van der Waals surface area (Å²) in [6.45, 7) is 9.29. The SMILES string of the molecule is Cc1oc(CN)cc1CN1CCCN(C)CC1C. The van der Waals surface area contributed by atoms with Gasteiger partial charge in [-0.05, 0) is 39.9 Å². The summed E-state index contributed by atoms with van der Waals surface area (Å²) in [5, 5.41) is 0. The van der Waals surface area contributed by atoms with E-state index in [2.05, 4.69) is 29.8 Å². The van der Waals surface area contributed by atoms with E-state index in [4.69, 9.17) is 10.2 Å². The average molecular weight is 251 g/mol. The van der Waals surface area contributed by atoms with Crippen LogP contribution in [0.25, 0.3) is 0 Å². The normalized spacial score (nSPS) is 23.2. The van der Waals surface area contributed by atoms with Gasteiger partial charge in [-0.15, -0.1) is 0 Å². The van der Waals surface area contributed by atoms with Crippen molar-refractivity contribution in [3.05, 3.63) is 23.2 Å². The first-order valence-corrected chi connectivity index (χ1v) is 6.81. The molecule has 1 aromatic heterocycles. The molecule has 0 radical (unpaired) electrons. The maximum Gasteiger partial charge on any atom is 0.118 e. The van der Waals surface area contributed by atoms with E-state index < -0.39 is 0 Å². The number of furan rings is 1. The molecule has 2 rings (SSSR count). The van der Waals surface area contributed by atoms with Crippen molar-refractivity contribution in [1.82, 2.24) is 9.80 Å². The molecule has 1 fully saturated rings. The Labute approximate surface area is 110 Å². The highest BCUT2D eigenvalue weighted by atomic mass is 16.3. The van der Waals surface area contributed by atoms with E-state index in [1.165, 1.54) is 18.5 Å². The van der Waals surface area contributed by atoms with Gasteiger partial charge in [-0.1, -0.05) is 0 Å². The lowest BCUT2D eigenvalue weighted by atomic mass is 10.2. The average Bonchev–Trinajstić information content (AvgIpc) is 2.60. The zero-order valence-electron chi connectivity index (χ0n) is 11.8. The smallest absolute Gasteiger partial charge is 0.118 e. The lowest BCUT2D eigenvalue weighted by Crippen LogP contribution is -2.37. The highest BCUT2D eigenvalue weighted by Crippen LogP contribution is 2.19. The summed E-state index contributed by atoms with van der Waals surface area (Å²) in [4.78, 5) is 4.96. The molecule has 18 heavy (non-hydrogen) atoms. The standard InChI is InChI=1S/C14H25N3O/c1-11-9-16(3)5-4-6-17(11)10-13-7-14(8-15)18-12(13)2/h7,11H,4-6,8-10,15H2,1-3H3. The number of aryl methyl sites for hydroxylation is 1.